The monoisotopic (exact) mass is 305 g/mol. The summed E-state index contributed by atoms with van der Waals surface area (Å²) < 4.78 is 33.0. The fraction of sp³-hybridized carbons (Fsp3) is 1.00. The molecule has 2 aliphatic rings. The van der Waals surface area contributed by atoms with Crippen molar-refractivity contribution in [2.45, 2.75) is 44.2 Å². The summed E-state index contributed by atoms with van der Waals surface area (Å²) in [6.45, 7) is 2.64. The van der Waals surface area contributed by atoms with E-state index in [2.05, 4.69) is 5.32 Å². The van der Waals surface area contributed by atoms with Gasteiger partial charge >= 0.3 is 0 Å². The number of rotatable bonds is 9. The molecule has 0 amide bonds. The predicted molar refractivity (Wildman–Crippen MR) is 78.8 cm³/mol. The Bertz CT molecular complexity index is 392. The van der Waals surface area contributed by atoms with E-state index in [1.54, 1.807) is 14.1 Å². The Morgan fingerprint density at radius 3 is 2.55 bits per heavy atom. The standard InChI is InChI=1S/C13H27N3O3S/c1-15(9-4-8-14-12-6-7-12)20(17,18)16(2)11-13-5-3-10-19-13/h12-14H,3-11H2,1-2H3. The largest absolute Gasteiger partial charge is 0.377 e. The van der Waals surface area contributed by atoms with Gasteiger partial charge in [0.05, 0.1) is 6.10 Å². The van der Waals surface area contributed by atoms with E-state index in [0.29, 0.717) is 19.1 Å². The molecule has 0 radical (unpaired) electrons. The first-order valence-electron chi connectivity index (χ1n) is 7.52. The molecule has 20 heavy (non-hydrogen) atoms. The zero-order valence-corrected chi connectivity index (χ0v) is 13.4. The van der Waals surface area contributed by atoms with E-state index in [0.717, 1.165) is 32.4 Å². The van der Waals surface area contributed by atoms with Crippen molar-refractivity contribution in [2.24, 2.45) is 0 Å². The summed E-state index contributed by atoms with van der Waals surface area (Å²) in [5.74, 6) is 0. The quantitative estimate of drug-likeness (QED) is 0.627. The van der Waals surface area contributed by atoms with Gasteiger partial charge in [-0.3, -0.25) is 0 Å². The van der Waals surface area contributed by atoms with Crippen LogP contribution in [0.4, 0.5) is 0 Å². The minimum Gasteiger partial charge on any atom is -0.377 e. The van der Waals surface area contributed by atoms with Crippen LogP contribution in [0.1, 0.15) is 32.1 Å². The molecule has 2 rings (SSSR count). The molecule has 1 N–H and O–H groups in total. The van der Waals surface area contributed by atoms with Crippen LogP contribution in [-0.4, -0.2) is 69.5 Å². The van der Waals surface area contributed by atoms with E-state index in [1.807, 2.05) is 0 Å². The van der Waals surface area contributed by atoms with Crippen molar-refractivity contribution < 1.29 is 13.2 Å². The predicted octanol–water partition coefficient (Wildman–Crippen LogP) is 0.416. The van der Waals surface area contributed by atoms with Crippen LogP contribution < -0.4 is 5.32 Å². The molecule has 1 saturated heterocycles. The molecule has 1 unspecified atom stereocenters. The molecule has 0 bridgehead atoms. The summed E-state index contributed by atoms with van der Waals surface area (Å²) in [5, 5.41) is 3.40. The van der Waals surface area contributed by atoms with Crippen molar-refractivity contribution >= 4 is 10.2 Å². The Hall–Kier alpha value is -0.210. The maximum absolute atomic E-state index is 12.3. The SMILES string of the molecule is CN(CCCNC1CC1)S(=O)(=O)N(C)CC1CCCO1. The zero-order chi connectivity index (χ0) is 14.6. The summed E-state index contributed by atoms with van der Waals surface area (Å²) in [6, 6.07) is 0.680. The molecule has 0 aromatic carbocycles. The van der Waals surface area contributed by atoms with Crippen molar-refractivity contribution in [3.8, 4) is 0 Å². The molecule has 1 aliphatic heterocycles. The van der Waals surface area contributed by atoms with Gasteiger partial charge in [-0.05, 0) is 38.6 Å². The molecule has 7 heteroatoms. The third-order valence-corrected chi connectivity index (χ3v) is 5.84. The molecule has 2 fully saturated rings. The molecular formula is C13H27N3O3S. The van der Waals surface area contributed by atoms with Crippen LogP contribution in [0, 0.1) is 0 Å². The maximum Gasteiger partial charge on any atom is 0.281 e. The lowest BCUT2D eigenvalue weighted by atomic mass is 10.2. The summed E-state index contributed by atoms with van der Waals surface area (Å²) >= 11 is 0. The molecule has 1 saturated carbocycles. The van der Waals surface area contributed by atoms with Crippen LogP contribution in [0.25, 0.3) is 0 Å². The first-order chi connectivity index (χ1) is 9.50. The average molecular weight is 305 g/mol. The molecule has 0 aromatic rings. The Labute approximate surface area is 122 Å². The highest BCUT2D eigenvalue weighted by Gasteiger charge is 2.27. The number of nitrogens with one attached hydrogen (secondary N) is 1. The maximum atomic E-state index is 12.3. The highest BCUT2D eigenvalue weighted by molar-refractivity contribution is 7.86. The lowest BCUT2D eigenvalue weighted by molar-refractivity contribution is 0.0967. The minimum atomic E-state index is -3.35. The molecule has 1 heterocycles. The van der Waals surface area contributed by atoms with Crippen LogP contribution in [0.2, 0.25) is 0 Å². The number of hydrogen-bond donors (Lipinski definition) is 1. The zero-order valence-electron chi connectivity index (χ0n) is 12.5. The summed E-state index contributed by atoms with van der Waals surface area (Å²) in [4.78, 5) is 0. The van der Waals surface area contributed by atoms with E-state index in [-0.39, 0.29) is 6.10 Å². The molecule has 118 valence electrons. The van der Waals surface area contributed by atoms with Gasteiger partial charge in [-0.1, -0.05) is 0 Å². The van der Waals surface area contributed by atoms with E-state index >= 15 is 0 Å². The molecular weight excluding hydrogens is 278 g/mol. The summed E-state index contributed by atoms with van der Waals surface area (Å²) in [6.07, 6.45) is 5.41. The second kappa shape index (κ2) is 7.17. The van der Waals surface area contributed by atoms with Crippen LogP contribution in [0.3, 0.4) is 0 Å². The Morgan fingerprint density at radius 1 is 1.20 bits per heavy atom. The van der Waals surface area contributed by atoms with Gasteiger partial charge in [-0.25, -0.2) is 0 Å². The van der Waals surface area contributed by atoms with Gasteiger partial charge in [0.1, 0.15) is 0 Å². The molecule has 1 atom stereocenters. The van der Waals surface area contributed by atoms with Crippen LogP contribution in [0.5, 0.6) is 0 Å². The van der Waals surface area contributed by atoms with E-state index in [9.17, 15) is 8.42 Å². The van der Waals surface area contributed by atoms with Crippen LogP contribution >= 0.6 is 0 Å². The third kappa shape index (κ3) is 4.66. The lowest BCUT2D eigenvalue weighted by Crippen LogP contribution is -2.43. The first-order valence-corrected chi connectivity index (χ1v) is 8.92. The Balaban J connectivity index is 1.71. The van der Waals surface area contributed by atoms with E-state index < -0.39 is 10.2 Å². The number of likely N-dealkylation sites (N-methyl/N-ethyl adjacent to an activating group) is 1. The van der Waals surface area contributed by atoms with Crippen LogP contribution in [-0.2, 0) is 14.9 Å². The molecule has 1 aliphatic carbocycles. The minimum absolute atomic E-state index is 0.0553. The topological polar surface area (TPSA) is 61.9 Å². The smallest absolute Gasteiger partial charge is 0.281 e. The summed E-state index contributed by atoms with van der Waals surface area (Å²) in [5.41, 5.74) is 0. The second-order valence-electron chi connectivity index (χ2n) is 5.83. The fourth-order valence-corrected chi connectivity index (χ4v) is 3.61. The van der Waals surface area contributed by atoms with Gasteiger partial charge in [-0.2, -0.15) is 17.0 Å². The highest BCUT2D eigenvalue weighted by Crippen LogP contribution is 2.18. The average Bonchev–Trinajstić information content (AvgIpc) is 3.10. The van der Waals surface area contributed by atoms with E-state index in [4.69, 9.17) is 4.74 Å². The normalized spacial score (nSPS) is 23.9. The van der Waals surface area contributed by atoms with Crippen molar-refractivity contribution in [3.63, 3.8) is 0 Å². The van der Waals surface area contributed by atoms with Crippen molar-refractivity contribution in [3.05, 3.63) is 0 Å². The molecule has 0 spiro atoms. The molecule has 0 aromatic heterocycles. The van der Waals surface area contributed by atoms with Crippen LogP contribution in [0.15, 0.2) is 0 Å². The summed E-state index contributed by atoms with van der Waals surface area (Å²) in [7, 11) is -0.0665. The fourth-order valence-electron chi connectivity index (χ4n) is 2.42. The van der Waals surface area contributed by atoms with Crippen molar-refractivity contribution in [2.75, 3.05) is 40.3 Å². The Morgan fingerprint density at radius 2 is 1.95 bits per heavy atom. The highest BCUT2D eigenvalue weighted by atomic mass is 32.2. The van der Waals surface area contributed by atoms with Gasteiger partial charge in [0.2, 0.25) is 0 Å². The van der Waals surface area contributed by atoms with E-state index in [1.165, 1.54) is 21.5 Å². The molecule has 6 nitrogen and oxygen atoms in total. The van der Waals surface area contributed by atoms with Crippen molar-refractivity contribution in [1.29, 1.82) is 0 Å². The van der Waals surface area contributed by atoms with Gasteiger partial charge in [0.25, 0.3) is 10.2 Å². The van der Waals surface area contributed by atoms with Gasteiger partial charge in [-0.15, -0.1) is 0 Å². The number of ether oxygens (including phenoxy) is 1. The number of nitrogens with zero attached hydrogens (tertiary/aromatic N) is 2. The van der Waals surface area contributed by atoms with Gasteiger partial charge < -0.3 is 10.1 Å². The number of hydrogen-bond acceptors (Lipinski definition) is 4. The first kappa shape index (κ1) is 16.2. The second-order valence-corrected chi connectivity index (χ2v) is 7.97. The van der Waals surface area contributed by atoms with Gasteiger partial charge in [0, 0.05) is 39.8 Å². The third-order valence-electron chi connectivity index (χ3n) is 3.93. The Kier molecular flexibility index (Phi) is 5.80. The van der Waals surface area contributed by atoms with Gasteiger partial charge in [0.15, 0.2) is 0 Å². The lowest BCUT2D eigenvalue weighted by Gasteiger charge is -2.26. The van der Waals surface area contributed by atoms with Crippen molar-refractivity contribution in [1.82, 2.24) is 13.9 Å².